The van der Waals surface area contributed by atoms with Gasteiger partial charge in [-0.3, -0.25) is 9.69 Å². The summed E-state index contributed by atoms with van der Waals surface area (Å²) in [6.07, 6.45) is 3.58. The predicted molar refractivity (Wildman–Crippen MR) is 90.2 cm³/mol. The van der Waals surface area contributed by atoms with Crippen LogP contribution in [0.4, 0.5) is 4.79 Å². The zero-order chi connectivity index (χ0) is 16.7. The Labute approximate surface area is 141 Å². The van der Waals surface area contributed by atoms with E-state index >= 15 is 0 Å². The highest BCUT2D eigenvalue weighted by Gasteiger charge is 2.22. The van der Waals surface area contributed by atoms with Gasteiger partial charge in [-0.05, 0) is 43.6 Å². The Morgan fingerprint density at radius 3 is 2.39 bits per heavy atom. The first-order valence-electron chi connectivity index (χ1n) is 7.86. The molecule has 0 bridgehead atoms. The summed E-state index contributed by atoms with van der Waals surface area (Å²) in [4.78, 5) is 24.8. The van der Waals surface area contributed by atoms with Gasteiger partial charge in [-0.2, -0.15) is 0 Å². The molecule has 0 aromatic heterocycles. The van der Waals surface area contributed by atoms with E-state index in [1.54, 1.807) is 0 Å². The van der Waals surface area contributed by atoms with E-state index in [4.69, 9.17) is 17.3 Å². The van der Waals surface area contributed by atoms with Crippen molar-refractivity contribution in [3.63, 3.8) is 0 Å². The largest absolute Gasteiger partial charge is 0.368 e. The zero-order valence-electron chi connectivity index (χ0n) is 13.1. The minimum atomic E-state index is -0.564. The standard InChI is InChI=1S/C16H23ClN4O2/c17-13-6-4-12(5-7-13)14(21-8-2-1-3-9-21)10-19-16(23)20-11-15(18)22/h4-7,14H,1-3,8-11H2,(H2,18,22)(H2,19,20,23). The number of rotatable bonds is 6. The SMILES string of the molecule is NC(=O)CNC(=O)NCC(c1ccc(Cl)cc1)N1CCCCC1. The predicted octanol–water partition coefficient (Wildman–Crippen LogP) is 1.65. The van der Waals surface area contributed by atoms with E-state index in [-0.39, 0.29) is 18.6 Å². The van der Waals surface area contributed by atoms with Crippen LogP contribution in [0.5, 0.6) is 0 Å². The lowest BCUT2D eigenvalue weighted by Crippen LogP contribution is -2.45. The van der Waals surface area contributed by atoms with Gasteiger partial charge in [0.25, 0.3) is 0 Å². The molecule has 3 amide bonds. The zero-order valence-corrected chi connectivity index (χ0v) is 13.8. The topological polar surface area (TPSA) is 87.5 Å². The molecule has 1 fully saturated rings. The van der Waals surface area contributed by atoms with E-state index in [0.717, 1.165) is 31.5 Å². The second kappa shape index (κ2) is 8.74. The number of carbonyl (C=O) groups is 2. The number of carbonyl (C=O) groups excluding carboxylic acids is 2. The Kier molecular flexibility index (Phi) is 6.67. The molecule has 23 heavy (non-hydrogen) atoms. The number of benzene rings is 1. The van der Waals surface area contributed by atoms with Gasteiger partial charge in [-0.25, -0.2) is 4.79 Å². The molecule has 4 N–H and O–H groups in total. The average Bonchev–Trinajstić information content (AvgIpc) is 2.55. The fourth-order valence-electron chi connectivity index (χ4n) is 2.79. The number of piperidine rings is 1. The summed E-state index contributed by atoms with van der Waals surface area (Å²) in [6.45, 7) is 2.32. The number of hydrogen-bond donors (Lipinski definition) is 3. The van der Waals surface area contributed by atoms with Crippen LogP contribution in [0, 0.1) is 0 Å². The number of nitrogens with zero attached hydrogens (tertiary/aromatic N) is 1. The summed E-state index contributed by atoms with van der Waals surface area (Å²) in [6, 6.07) is 7.41. The quantitative estimate of drug-likeness (QED) is 0.737. The van der Waals surface area contributed by atoms with Crippen molar-refractivity contribution in [2.45, 2.75) is 25.3 Å². The molecule has 2 rings (SSSR count). The molecule has 0 radical (unpaired) electrons. The lowest BCUT2D eigenvalue weighted by molar-refractivity contribution is -0.117. The fraction of sp³-hybridized carbons (Fsp3) is 0.500. The second-order valence-corrected chi connectivity index (χ2v) is 6.13. The van der Waals surface area contributed by atoms with Crippen LogP contribution in [0.2, 0.25) is 5.02 Å². The number of nitrogens with two attached hydrogens (primary N) is 1. The Balaban J connectivity index is 1.99. The molecule has 6 nitrogen and oxygen atoms in total. The van der Waals surface area contributed by atoms with Crippen LogP contribution >= 0.6 is 11.6 Å². The normalized spacial score (nSPS) is 16.6. The smallest absolute Gasteiger partial charge is 0.315 e. The molecule has 126 valence electrons. The third-order valence-electron chi connectivity index (χ3n) is 3.97. The molecule has 1 aromatic carbocycles. The van der Waals surface area contributed by atoms with Crippen LogP contribution in [0.25, 0.3) is 0 Å². The molecule has 7 heteroatoms. The maximum Gasteiger partial charge on any atom is 0.315 e. The first kappa shape index (κ1) is 17.6. The maximum atomic E-state index is 11.8. The lowest BCUT2D eigenvalue weighted by Gasteiger charge is -2.35. The summed E-state index contributed by atoms with van der Waals surface area (Å²) in [7, 11) is 0. The van der Waals surface area contributed by atoms with Gasteiger partial charge in [-0.15, -0.1) is 0 Å². The maximum absolute atomic E-state index is 11.8. The van der Waals surface area contributed by atoms with Crippen LogP contribution in [-0.2, 0) is 4.79 Å². The average molecular weight is 339 g/mol. The Bertz CT molecular complexity index is 529. The minimum Gasteiger partial charge on any atom is -0.368 e. The summed E-state index contributed by atoms with van der Waals surface area (Å²) in [5, 5.41) is 5.95. The van der Waals surface area contributed by atoms with Crippen molar-refractivity contribution >= 4 is 23.5 Å². The molecule has 1 aromatic rings. The van der Waals surface area contributed by atoms with E-state index in [1.807, 2.05) is 24.3 Å². The van der Waals surface area contributed by atoms with Crippen molar-refractivity contribution in [2.24, 2.45) is 5.73 Å². The van der Waals surface area contributed by atoms with E-state index in [2.05, 4.69) is 15.5 Å². The van der Waals surface area contributed by atoms with Gasteiger partial charge in [-0.1, -0.05) is 30.2 Å². The Hall–Kier alpha value is -1.79. The molecule has 1 heterocycles. The highest BCUT2D eigenvalue weighted by molar-refractivity contribution is 6.30. The van der Waals surface area contributed by atoms with Crippen molar-refractivity contribution in [1.82, 2.24) is 15.5 Å². The number of primary amides is 1. The van der Waals surface area contributed by atoms with Crippen molar-refractivity contribution in [3.8, 4) is 0 Å². The molecule has 1 unspecified atom stereocenters. The summed E-state index contributed by atoms with van der Waals surface area (Å²) >= 11 is 5.96. The summed E-state index contributed by atoms with van der Waals surface area (Å²) in [5.74, 6) is -0.564. The molecule has 0 aliphatic carbocycles. The van der Waals surface area contributed by atoms with E-state index in [9.17, 15) is 9.59 Å². The van der Waals surface area contributed by atoms with Crippen LogP contribution in [-0.4, -0.2) is 43.0 Å². The highest BCUT2D eigenvalue weighted by atomic mass is 35.5. The number of nitrogens with one attached hydrogen (secondary N) is 2. The Morgan fingerprint density at radius 1 is 1.13 bits per heavy atom. The first-order chi connectivity index (χ1) is 11.1. The van der Waals surface area contributed by atoms with Crippen LogP contribution in [0.15, 0.2) is 24.3 Å². The summed E-state index contributed by atoms with van der Waals surface area (Å²) < 4.78 is 0. The molecule has 1 aliphatic rings. The number of likely N-dealkylation sites (tertiary alicyclic amines) is 1. The van der Waals surface area contributed by atoms with Gasteiger partial charge in [0.1, 0.15) is 0 Å². The van der Waals surface area contributed by atoms with E-state index < -0.39 is 5.91 Å². The molecular weight excluding hydrogens is 316 g/mol. The van der Waals surface area contributed by atoms with Gasteiger partial charge in [0.15, 0.2) is 0 Å². The lowest BCUT2D eigenvalue weighted by atomic mass is 10.0. The van der Waals surface area contributed by atoms with Crippen LogP contribution in [0.3, 0.4) is 0 Å². The van der Waals surface area contributed by atoms with Gasteiger partial charge >= 0.3 is 6.03 Å². The summed E-state index contributed by atoms with van der Waals surface area (Å²) in [5.41, 5.74) is 6.13. The first-order valence-corrected chi connectivity index (χ1v) is 8.23. The van der Waals surface area contributed by atoms with Gasteiger partial charge in [0.05, 0.1) is 12.6 Å². The van der Waals surface area contributed by atoms with Crippen LogP contribution < -0.4 is 16.4 Å². The molecule has 1 atom stereocenters. The van der Waals surface area contributed by atoms with E-state index in [0.29, 0.717) is 11.6 Å². The van der Waals surface area contributed by atoms with Crippen molar-refractivity contribution in [1.29, 1.82) is 0 Å². The molecular formula is C16H23ClN4O2. The molecule has 1 aliphatic heterocycles. The van der Waals surface area contributed by atoms with Crippen molar-refractivity contribution < 1.29 is 9.59 Å². The van der Waals surface area contributed by atoms with Gasteiger partial charge in [0, 0.05) is 11.6 Å². The third kappa shape index (κ3) is 5.73. The molecule has 0 spiro atoms. The monoisotopic (exact) mass is 338 g/mol. The number of amides is 3. The van der Waals surface area contributed by atoms with Crippen LogP contribution in [0.1, 0.15) is 30.9 Å². The van der Waals surface area contributed by atoms with Crippen molar-refractivity contribution in [3.05, 3.63) is 34.9 Å². The van der Waals surface area contributed by atoms with Gasteiger partial charge in [0.2, 0.25) is 5.91 Å². The van der Waals surface area contributed by atoms with Crippen molar-refractivity contribution in [2.75, 3.05) is 26.2 Å². The number of urea groups is 1. The van der Waals surface area contributed by atoms with E-state index in [1.165, 1.54) is 6.42 Å². The molecule has 1 saturated heterocycles. The Morgan fingerprint density at radius 2 is 1.78 bits per heavy atom. The minimum absolute atomic E-state index is 0.0897. The van der Waals surface area contributed by atoms with Gasteiger partial charge < -0.3 is 16.4 Å². The number of hydrogen-bond acceptors (Lipinski definition) is 3. The number of halogens is 1. The third-order valence-corrected chi connectivity index (χ3v) is 4.22. The fourth-order valence-corrected chi connectivity index (χ4v) is 2.92. The highest BCUT2D eigenvalue weighted by Crippen LogP contribution is 2.25. The molecule has 0 saturated carbocycles. The second-order valence-electron chi connectivity index (χ2n) is 5.69.